The van der Waals surface area contributed by atoms with Crippen LogP contribution in [0, 0.1) is 5.41 Å². The monoisotopic (exact) mass is 292 g/mol. The van der Waals surface area contributed by atoms with Gasteiger partial charge in [0, 0.05) is 6.54 Å². The van der Waals surface area contributed by atoms with Gasteiger partial charge in [-0.15, -0.1) is 0 Å². The van der Waals surface area contributed by atoms with Crippen molar-refractivity contribution >= 4 is 5.91 Å². The van der Waals surface area contributed by atoms with Gasteiger partial charge >= 0.3 is 0 Å². The van der Waals surface area contributed by atoms with Crippen LogP contribution in [0.5, 0.6) is 11.5 Å². The van der Waals surface area contributed by atoms with Gasteiger partial charge in [0.2, 0.25) is 5.91 Å². The smallest absolute Gasteiger partial charge is 0.237 e. The third-order valence-electron chi connectivity index (χ3n) is 4.21. The minimum absolute atomic E-state index is 0.162. The molecule has 1 aliphatic rings. The van der Waals surface area contributed by atoms with Crippen molar-refractivity contribution in [2.24, 2.45) is 11.1 Å². The largest absolute Gasteiger partial charge is 0.504 e. The molecule has 1 aliphatic carbocycles. The summed E-state index contributed by atoms with van der Waals surface area (Å²) >= 11 is 0. The maximum atomic E-state index is 12.0. The summed E-state index contributed by atoms with van der Waals surface area (Å²) in [5.74, 6) is -0.531. The van der Waals surface area contributed by atoms with Crippen LogP contribution in [-0.4, -0.2) is 28.7 Å². The highest BCUT2D eigenvalue weighted by atomic mass is 16.3. The first-order valence-electron chi connectivity index (χ1n) is 7.50. The number of aromatic hydroxyl groups is 2. The van der Waals surface area contributed by atoms with Crippen LogP contribution < -0.4 is 11.1 Å². The Kier molecular flexibility index (Phi) is 4.73. The van der Waals surface area contributed by atoms with Gasteiger partial charge in [-0.3, -0.25) is 4.79 Å². The lowest BCUT2D eigenvalue weighted by Crippen LogP contribution is -2.44. The quantitative estimate of drug-likeness (QED) is 0.575. The van der Waals surface area contributed by atoms with Crippen molar-refractivity contribution in [3.63, 3.8) is 0 Å². The molecule has 5 nitrogen and oxygen atoms in total. The lowest BCUT2D eigenvalue weighted by atomic mass is 10.00. The number of hydrogen-bond donors (Lipinski definition) is 4. The number of phenolic OH excluding ortho intramolecular Hbond substituents is 2. The summed E-state index contributed by atoms with van der Waals surface area (Å²) in [6.45, 7) is 2.86. The second kappa shape index (κ2) is 6.35. The molecule has 0 heterocycles. The van der Waals surface area contributed by atoms with E-state index in [1.807, 2.05) is 0 Å². The van der Waals surface area contributed by atoms with E-state index < -0.39 is 6.04 Å². The Labute approximate surface area is 125 Å². The zero-order valence-electron chi connectivity index (χ0n) is 12.4. The number of nitrogens with one attached hydrogen (secondary N) is 1. The van der Waals surface area contributed by atoms with E-state index >= 15 is 0 Å². The standard InChI is InChI=1S/C16H24N2O3/c1-2-5-16(6-7-16)10-18-15(21)12(17)8-11-3-4-13(19)14(20)9-11/h3-4,9,12,19-20H,2,5-8,10,17H2,1H3,(H,18,21)/t12-/m0/s1. The number of carbonyl (C=O) groups is 1. The first kappa shape index (κ1) is 15.6. The molecule has 1 saturated carbocycles. The fourth-order valence-corrected chi connectivity index (χ4v) is 2.67. The van der Waals surface area contributed by atoms with Crippen molar-refractivity contribution in [3.8, 4) is 11.5 Å². The number of hydrogen-bond acceptors (Lipinski definition) is 4. The molecule has 5 N–H and O–H groups in total. The predicted octanol–water partition coefficient (Wildman–Crippen LogP) is 1.66. The third kappa shape index (κ3) is 4.11. The summed E-state index contributed by atoms with van der Waals surface area (Å²) in [5, 5.41) is 21.6. The topological polar surface area (TPSA) is 95.6 Å². The zero-order valence-corrected chi connectivity index (χ0v) is 12.4. The molecule has 1 fully saturated rings. The molecule has 116 valence electrons. The Morgan fingerprint density at radius 1 is 1.38 bits per heavy atom. The maximum Gasteiger partial charge on any atom is 0.237 e. The van der Waals surface area contributed by atoms with Crippen molar-refractivity contribution in [3.05, 3.63) is 23.8 Å². The summed E-state index contributed by atoms with van der Waals surface area (Å²) < 4.78 is 0. The number of phenols is 2. The fourth-order valence-electron chi connectivity index (χ4n) is 2.67. The molecule has 21 heavy (non-hydrogen) atoms. The Balaban J connectivity index is 1.83. The number of rotatable bonds is 7. The summed E-state index contributed by atoms with van der Waals surface area (Å²) in [7, 11) is 0. The summed E-state index contributed by atoms with van der Waals surface area (Å²) in [6.07, 6.45) is 4.98. The van der Waals surface area contributed by atoms with Crippen LogP contribution in [0.1, 0.15) is 38.2 Å². The second-order valence-corrected chi connectivity index (χ2v) is 6.10. The minimum atomic E-state index is -0.647. The molecule has 1 amide bonds. The van der Waals surface area contributed by atoms with Crippen LogP contribution in [0.25, 0.3) is 0 Å². The summed E-state index contributed by atoms with van der Waals surface area (Å²) in [6, 6.07) is 3.84. The normalized spacial score (nSPS) is 17.2. The van der Waals surface area contributed by atoms with E-state index in [-0.39, 0.29) is 17.4 Å². The maximum absolute atomic E-state index is 12.0. The molecule has 1 aromatic rings. The molecule has 0 bridgehead atoms. The summed E-state index contributed by atoms with van der Waals surface area (Å²) in [4.78, 5) is 12.0. The van der Waals surface area contributed by atoms with Gasteiger partial charge in [-0.25, -0.2) is 0 Å². The van der Waals surface area contributed by atoms with E-state index in [1.165, 1.54) is 25.0 Å². The van der Waals surface area contributed by atoms with Gasteiger partial charge in [-0.05, 0) is 48.8 Å². The van der Waals surface area contributed by atoms with Gasteiger partial charge in [0.15, 0.2) is 11.5 Å². The highest BCUT2D eigenvalue weighted by Gasteiger charge is 2.41. The lowest BCUT2D eigenvalue weighted by Gasteiger charge is -2.17. The van der Waals surface area contributed by atoms with Crippen LogP contribution >= 0.6 is 0 Å². The molecule has 1 atom stereocenters. The number of carbonyl (C=O) groups excluding carboxylic acids is 1. The average molecular weight is 292 g/mol. The van der Waals surface area contributed by atoms with Crippen LogP contribution in [-0.2, 0) is 11.2 Å². The van der Waals surface area contributed by atoms with Gasteiger partial charge in [-0.2, -0.15) is 0 Å². The van der Waals surface area contributed by atoms with Crippen molar-refractivity contribution in [1.29, 1.82) is 0 Å². The molecule has 1 aromatic carbocycles. The fraction of sp³-hybridized carbons (Fsp3) is 0.562. The minimum Gasteiger partial charge on any atom is -0.504 e. The van der Waals surface area contributed by atoms with Crippen molar-refractivity contribution in [2.45, 2.75) is 45.1 Å². The Morgan fingerprint density at radius 3 is 2.67 bits per heavy atom. The highest BCUT2D eigenvalue weighted by Crippen LogP contribution is 2.48. The van der Waals surface area contributed by atoms with E-state index in [2.05, 4.69) is 12.2 Å². The first-order chi connectivity index (χ1) is 9.96. The molecule has 0 spiro atoms. The van der Waals surface area contributed by atoms with Gasteiger partial charge < -0.3 is 21.3 Å². The Hall–Kier alpha value is -1.75. The van der Waals surface area contributed by atoms with E-state index in [4.69, 9.17) is 5.73 Å². The Morgan fingerprint density at radius 2 is 2.10 bits per heavy atom. The van der Waals surface area contributed by atoms with Gasteiger partial charge in [0.1, 0.15) is 0 Å². The Bertz CT molecular complexity index is 512. The molecule has 0 aliphatic heterocycles. The second-order valence-electron chi connectivity index (χ2n) is 6.10. The molecule has 0 unspecified atom stereocenters. The number of amides is 1. The van der Waals surface area contributed by atoms with Crippen molar-refractivity contribution < 1.29 is 15.0 Å². The van der Waals surface area contributed by atoms with Crippen LogP contribution in [0.4, 0.5) is 0 Å². The predicted molar refractivity (Wildman–Crippen MR) is 81.0 cm³/mol. The SMILES string of the molecule is CCCC1(CNC(=O)[C@@H](N)Cc2ccc(O)c(O)c2)CC1. The van der Waals surface area contributed by atoms with E-state index in [0.717, 1.165) is 18.4 Å². The van der Waals surface area contributed by atoms with Crippen molar-refractivity contribution in [1.82, 2.24) is 5.32 Å². The van der Waals surface area contributed by atoms with Crippen LogP contribution in [0.2, 0.25) is 0 Å². The van der Waals surface area contributed by atoms with E-state index in [9.17, 15) is 15.0 Å². The van der Waals surface area contributed by atoms with Gasteiger partial charge in [0.05, 0.1) is 6.04 Å². The molecular weight excluding hydrogens is 268 g/mol. The lowest BCUT2D eigenvalue weighted by molar-refractivity contribution is -0.122. The van der Waals surface area contributed by atoms with Crippen LogP contribution in [0.15, 0.2) is 18.2 Å². The average Bonchev–Trinajstić information content (AvgIpc) is 3.21. The van der Waals surface area contributed by atoms with Gasteiger partial charge in [0.25, 0.3) is 0 Å². The molecule has 5 heteroatoms. The summed E-state index contributed by atoms with van der Waals surface area (Å²) in [5.41, 5.74) is 6.94. The molecule has 2 rings (SSSR count). The van der Waals surface area contributed by atoms with E-state index in [1.54, 1.807) is 6.07 Å². The van der Waals surface area contributed by atoms with Gasteiger partial charge in [-0.1, -0.05) is 19.4 Å². The number of benzene rings is 1. The van der Waals surface area contributed by atoms with E-state index in [0.29, 0.717) is 18.4 Å². The first-order valence-corrected chi connectivity index (χ1v) is 7.50. The highest BCUT2D eigenvalue weighted by molar-refractivity contribution is 5.81. The third-order valence-corrected chi connectivity index (χ3v) is 4.21. The number of nitrogens with two attached hydrogens (primary N) is 1. The molecule has 0 aromatic heterocycles. The molecule has 0 radical (unpaired) electrons. The van der Waals surface area contributed by atoms with Crippen LogP contribution in [0.3, 0.4) is 0 Å². The zero-order chi connectivity index (χ0) is 15.5. The molecule has 0 saturated heterocycles. The molecular formula is C16H24N2O3. The van der Waals surface area contributed by atoms with Crippen molar-refractivity contribution in [2.75, 3.05) is 6.54 Å².